The SMILES string of the molecule is CC(C)n1cncc1COc1ccc(C(C)(C)C)cc1. The van der Waals surface area contributed by atoms with Crippen molar-refractivity contribution in [2.75, 3.05) is 0 Å². The predicted octanol–water partition coefficient (Wildman–Crippen LogP) is 4.34. The van der Waals surface area contributed by atoms with Crippen molar-refractivity contribution in [3.8, 4) is 5.75 Å². The molecule has 2 rings (SSSR count). The number of ether oxygens (including phenoxy) is 1. The smallest absolute Gasteiger partial charge is 0.130 e. The molecule has 0 spiro atoms. The Morgan fingerprint density at radius 1 is 1.15 bits per heavy atom. The van der Waals surface area contributed by atoms with Gasteiger partial charge in [-0.2, -0.15) is 0 Å². The summed E-state index contributed by atoms with van der Waals surface area (Å²) < 4.78 is 7.98. The lowest BCUT2D eigenvalue weighted by atomic mass is 9.87. The minimum atomic E-state index is 0.175. The number of hydrogen-bond acceptors (Lipinski definition) is 2. The molecule has 108 valence electrons. The molecule has 0 aliphatic rings. The van der Waals surface area contributed by atoms with Gasteiger partial charge in [0.15, 0.2) is 0 Å². The molecular formula is C17H24N2O. The lowest BCUT2D eigenvalue weighted by molar-refractivity contribution is 0.292. The number of nitrogens with zero attached hydrogens (tertiary/aromatic N) is 2. The molecule has 0 aliphatic heterocycles. The van der Waals surface area contributed by atoms with E-state index in [1.54, 1.807) is 0 Å². The van der Waals surface area contributed by atoms with E-state index in [0.29, 0.717) is 12.6 Å². The first-order chi connectivity index (χ1) is 9.38. The molecule has 0 fully saturated rings. The van der Waals surface area contributed by atoms with Crippen LogP contribution < -0.4 is 4.74 Å². The average Bonchev–Trinajstić information content (AvgIpc) is 2.84. The molecule has 3 nitrogen and oxygen atoms in total. The Morgan fingerprint density at radius 3 is 2.35 bits per heavy atom. The Labute approximate surface area is 121 Å². The molecule has 0 unspecified atom stereocenters. The molecule has 0 atom stereocenters. The van der Waals surface area contributed by atoms with Crippen LogP contribution >= 0.6 is 0 Å². The Bertz CT molecular complexity index is 547. The van der Waals surface area contributed by atoms with E-state index in [0.717, 1.165) is 11.4 Å². The summed E-state index contributed by atoms with van der Waals surface area (Å²) in [6.45, 7) is 11.5. The van der Waals surface area contributed by atoms with E-state index in [4.69, 9.17) is 4.74 Å². The van der Waals surface area contributed by atoms with Gasteiger partial charge in [-0.3, -0.25) is 0 Å². The molecule has 0 bridgehead atoms. The number of benzene rings is 1. The molecule has 0 radical (unpaired) electrons. The molecule has 3 heteroatoms. The van der Waals surface area contributed by atoms with Gasteiger partial charge >= 0.3 is 0 Å². The van der Waals surface area contributed by atoms with Gasteiger partial charge in [0.25, 0.3) is 0 Å². The second-order valence-electron chi connectivity index (χ2n) is 6.45. The third-order valence-corrected chi connectivity index (χ3v) is 3.41. The molecule has 1 aromatic heterocycles. The summed E-state index contributed by atoms with van der Waals surface area (Å²) >= 11 is 0. The fourth-order valence-corrected chi connectivity index (χ4v) is 2.12. The number of imidazole rings is 1. The van der Waals surface area contributed by atoms with Crippen molar-refractivity contribution in [2.24, 2.45) is 0 Å². The summed E-state index contributed by atoms with van der Waals surface area (Å²) in [6, 6.07) is 8.75. The summed E-state index contributed by atoms with van der Waals surface area (Å²) in [5.74, 6) is 0.898. The van der Waals surface area contributed by atoms with Crippen LogP contribution in [0.3, 0.4) is 0 Å². The summed E-state index contributed by atoms with van der Waals surface area (Å²) in [6.07, 6.45) is 3.72. The maximum absolute atomic E-state index is 5.85. The van der Waals surface area contributed by atoms with Crippen LogP contribution in [0, 0.1) is 0 Å². The van der Waals surface area contributed by atoms with Gasteiger partial charge in [-0.1, -0.05) is 32.9 Å². The van der Waals surface area contributed by atoms with E-state index in [9.17, 15) is 0 Å². The highest BCUT2D eigenvalue weighted by molar-refractivity contribution is 5.31. The number of rotatable bonds is 4. The van der Waals surface area contributed by atoms with Crippen LogP contribution in [0.25, 0.3) is 0 Å². The Balaban J connectivity index is 2.02. The predicted molar refractivity (Wildman–Crippen MR) is 82.1 cm³/mol. The summed E-state index contributed by atoms with van der Waals surface area (Å²) in [5.41, 5.74) is 2.59. The van der Waals surface area contributed by atoms with Crippen molar-refractivity contribution in [3.05, 3.63) is 48.0 Å². The first-order valence-electron chi connectivity index (χ1n) is 7.12. The normalized spacial score (nSPS) is 11.9. The van der Waals surface area contributed by atoms with Crippen molar-refractivity contribution in [1.82, 2.24) is 9.55 Å². The molecule has 0 aliphatic carbocycles. The van der Waals surface area contributed by atoms with E-state index in [2.05, 4.69) is 56.3 Å². The van der Waals surface area contributed by atoms with Gasteiger partial charge in [0.2, 0.25) is 0 Å². The quantitative estimate of drug-likeness (QED) is 0.827. The van der Waals surface area contributed by atoms with E-state index in [1.807, 2.05) is 24.7 Å². The zero-order chi connectivity index (χ0) is 14.8. The van der Waals surface area contributed by atoms with Gasteiger partial charge < -0.3 is 9.30 Å². The first kappa shape index (κ1) is 14.6. The Hall–Kier alpha value is -1.77. The summed E-state index contributed by atoms with van der Waals surface area (Å²) in [5, 5.41) is 0. The van der Waals surface area contributed by atoms with Crippen molar-refractivity contribution >= 4 is 0 Å². The average molecular weight is 272 g/mol. The molecule has 2 aromatic rings. The largest absolute Gasteiger partial charge is 0.487 e. The highest BCUT2D eigenvalue weighted by atomic mass is 16.5. The highest BCUT2D eigenvalue weighted by Gasteiger charge is 2.13. The monoisotopic (exact) mass is 272 g/mol. The standard InChI is InChI=1S/C17H24N2O/c1-13(2)19-12-18-10-15(19)11-20-16-8-6-14(7-9-16)17(3,4)5/h6-10,12-13H,11H2,1-5H3. The van der Waals surface area contributed by atoms with Crippen LogP contribution in [0.2, 0.25) is 0 Å². The summed E-state index contributed by atoms with van der Waals surface area (Å²) in [4.78, 5) is 4.19. The van der Waals surface area contributed by atoms with Crippen LogP contribution in [-0.2, 0) is 12.0 Å². The molecule has 0 amide bonds. The number of hydrogen-bond donors (Lipinski definition) is 0. The zero-order valence-corrected chi connectivity index (χ0v) is 13.1. The van der Waals surface area contributed by atoms with Crippen LogP contribution in [0.4, 0.5) is 0 Å². The van der Waals surface area contributed by atoms with E-state index in [-0.39, 0.29) is 5.41 Å². The van der Waals surface area contributed by atoms with Crippen molar-refractivity contribution in [3.63, 3.8) is 0 Å². The minimum absolute atomic E-state index is 0.175. The van der Waals surface area contributed by atoms with Gasteiger partial charge in [0.05, 0.1) is 18.2 Å². The van der Waals surface area contributed by atoms with Crippen LogP contribution in [-0.4, -0.2) is 9.55 Å². The second-order valence-corrected chi connectivity index (χ2v) is 6.45. The lowest BCUT2D eigenvalue weighted by Crippen LogP contribution is -2.10. The van der Waals surface area contributed by atoms with Crippen molar-refractivity contribution in [1.29, 1.82) is 0 Å². The Morgan fingerprint density at radius 2 is 1.80 bits per heavy atom. The van der Waals surface area contributed by atoms with Gasteiger partial charge in [0, 0.05) is 6.04 Å². The lowest BCUT2D eigenvalue weighted by Gasteiger charge is -2.19. The third-order valence-electron chi connectivity index (χ3n) is 3.41. The van der Waals surface area contributed by atoms with Crippen molar-refractivity contribution in [2.45, 2.75) is 52.7 Å². The van der Waals surface area contributed by atoms with Crippen LogP contribution in [0.1, 0.15) is 51.9 Å². The Kier molecular flexibility index (Phi) is 4.17. The first-order valence-corrected chi connectivity index (χ1v) is 7.12. The molecule has 0 N–H and O–H groups in total. The topological polar surface area (TPSA) is 27.1 Å². The molecule has 0 saturated heterocycles. The number of aromatic nitrogens is 2. The second kappa shape index (κ2) is 5.70. The van der Waals surface area contributed by atoms with Gasteiger partial charge in [-0.05, 0) is 37.0 Å². The molecule has 1 heterocycles. The van der Waals surface area contributed by atoms with E-state index >= 15 is 0 Å². The maximum Gasteiger partial charge on any atom is 0.130 e. The summed E-state index contributed by atoms with van der Waals surface area (Å²) in [7, 11) is 0. The third kappa shape index (κ3) is 3.41. The highest BCUT2D eigenvalue weighted by Crippen LogP contribution is 2.24. The fourth-order valence-electron chi connectivity index (χ4n) is 2.12. The van der Waals surface area contributed by atoms with Gasteiger partial charge in [-0.15, -0.1) is 0 Å². The molecular weight excluding hydrogens is 248 g/mol. The molecule has 1 aromatic carbocycles. The minimum Gasteiger partial charge on any atom is -0.487 e. The molecule has 0 saturated carbocycles. The maximum atomic E-state index is 5.85. The fraction of sp³-hybridized carbons (Fsp3) is 0.471. The van der Waals surface area contributed by atoms with Crippen molar-refractivity contribution < 1.29 is 4.74 Å². The van der Waals surface area contributed by atoms with Gasteiger partial charge in [0.1, 0.15) is 12.4 Å². The van der Waals surface area contributed by atoms with Crippen LogP contribution in [0.5, 0.6) is 5.75 Å². The van der Waals surface area contributed by atoms with E-state index < -0.39 is 0 Å². The molecule has 20 heavy (non-hydrogen) atoms. The van der Waals surface area contributed by atoms with Gasteiger partial charge in [-0.25, -0.2) is 4.98 Å². The van der Waals surface area contributed by atoms with E-state index in [1.165, 1.54) is 5.56 Å². The van der Waals surface area contributed by atoms with Crippen LogP contribution in [0.15, 0.2) is 36.8 Å². The zero-order valence-electron chi connectivity index (χ0n) is 13.1.